The van der Waals surface area contributed by atoms with E-state index in [1.165, 1.54) is 0 Å². The molecular weight excluding hydrogens is 248 g/mol. The highest BCUT2D eigenvalue weighted by Crippen LogP contribution is 2.27. The molecule has 0 saturated carbocycles. The van der Waals surface area contributed by atoms with Crippen molar-refractivity contribution in [3.8, 4) is 12.1 Å². The summed E-state index contributed by atoms with van der Waals surface area (Å²) in [7, 11) is 0. The van der Waals surface area contributed by atoms with E-state index in [-0.39, 0.29) is 0 Å². The molecular formula is C16H14N4. The molecule has 0 bridgehead atoms. The van der Waals surface area contributed by atoms with E-state index in [2.05, 4.69) is 12.1 Å². The number of anilines is 3. The fourth-order valence-electron chi connectivity index (χ4n) is 1.99. The van der Waals surface area contributed by atoms with Gasteiger partial charge in [-0.15, -0.1) is 0 Å². The Morgan fingerprint density at radius 3 is 2.40 bits per heavy atom. The van der Waals surface area contributed by atoms with Gasteiger partial charge in [0.05, 0.1) is 18.1 Å². The number of nitriles is 2. The predicted octanol–water partition coefficient (Wildman–Crippen LogP) is 3.19. The molecule has 0 aliphatic carbocycles. The lowest BCUT2D eigenvalue weighted by atomic mass is 10.1. The van der Waals surface area contributed by atoms with E-state index in [9.17, 15) is 0 Å². The standard InChI is InChI=1S/C16H14N4/c17-9-4-10-20(14-5-2-1-3-6-14)15-7-8-16(19)13(11-15)12-18/h1-3,5-8,11H,4,10,19H2. The highest BCUT2D eigenvalue weighted by molar-refractivity contribution is 5.69. The molecule has 0 radical (unpaired) electrons. The number of nitrogens with zero attached hydrogens (tertiary/aromatic N) is 3. The quantitative estimate of drug-likeness (QED) is 0.858. The second kappa shape index (κ2) is 6.26. The Labute approximate surface area is 118 Å². The molecule has 2 rings (SSSR count). The zero-order valence-corrected chi connectivity index (χ0v) is 11.0. The first-order chi connectivity index (χ1) is 9.76. The number of nitrogens with two attached hydrogens (primary N) is 1. The largest absolute Gasteiger partial charge is 0.398 e. The van der Waals surface area contributed by atoms with Gasteiger partial charge in [0.1, 0.15) is 6.07 Å². The monoisotopic (exact) mass is 262 g/mol. The highest BCUT2D eigenvalue weighted by Gasteiger charge is 2.10. The normalized spacial score (nSPS) is 9.50. The minimum absolute atomic E-state index is 0.404. The topological polar surface area (TPSA) is 76.8 Å². The Hall–Kier alpha value is -2.98. The zero-order valence-electron chi connectivity index (χ0n) is 11.0. The number of hydrogen-bond acceptors (Lipinski definition) is 4. The van der Waals surface area contributed by atoms with E-state index in [1.54, 1.807) is 12.1 Å². The molecule has 20 heavy (non-hydrogen) atoms. The fourth-order valence-corrected chi connectivity index (χ4v) is 1.99. The van der Waals surface area contributed by atoms with Crippen molar-refractivity contribution in [2.45, 2.75) is 6.42 Å². The van der Waals surface area contributed by atoms with E-state index < -0.39 is 0 Å². The van der Waals surface area contributed by atoms with Gasteiger partial charge in [0.25, 0.3) is 0 Å². The van der Waals surface area contributed by atoms with Crippen molar-refractivity contribution in [2.75, 3.05) is 17.2 Å². The molecule has 0 fully saturated rings. The van der Waals surface area contributed by atoms with Gasteiger partial charge in [0.2, 0.25) is 0 Å². The molecule has 0 amide bonds. The van der Waals surface area contributed by atoms with Gasteiger partial charge in [-0.2, -0.15) is 10.5 Å². The lowest BCUT2D eigenvalue weighted by molar-refractivity contribution is 0.948. The lowest BCUT2D eigenvalue weighted by Crippen LogP contribution is -2.18. The summed E-state index contributed by atoms with van der Waals surface area (Å²) in [6.07, 6.45) is 0.404. The lowest BCUT2D eigenvalue weighted by Gasteiger charge is -2.24. The van der Waals surface area contributed by atoms with E-state index >= 15 is 0 Å². The first kappa shape index (κ1) is 13.5. The first-order valence-corrected chi connectivity index (χ1v) is 6.25. The molecule has 2 aromatic rings. The summed E-state index contributed by atoms with van der Waals surface area (Å²) >= 11 is 0. The molecule has 0 aliphatic rings. The van der Waals surface area contributed by atoms with Crippen LogP contribution in [-0.2, 0) is 0 Å². The van der Waals surface area contributed by atoms with E-state index in [4.69, 9.17) is 16.3 Å². The summed E-state index contributed by atoms with van der Waals surface area (Å²) in [6, 6.07) is 19.3. The summed E-state index contributed by atoms with van der Waals surface area (Å²) in [6.45, 7) is 0.565. The number of nitrogen functional groups attached to an aromatic ring is 1. The number of hydrogen-bond donors (Lipinski definition) is 1. The Bertz CT molecular complexity index is 665. The molecule has 0 aromatic heterocycles. The Kier molecular flexibility index (Phi) is 4.21. The summed E-state index contributed by atoms with van der Waals surface area (Å²) in [5.74, 6) is 0. The van der Waals surface area contributed by atoms with Crippen LogP contribution in [0.2, 0.25) is 0 Å². The third kappa shape index (κ3) is 2.88. The molecule has 0 saturated heterocycles. The molecule has 0 atom stereocenters. The van der Waals surface area contributed by atoms with Crippen LogP contribution in [0.25, 0.3) is 0 Å². The van der Waals surface area contributed by atoms with Gasteiger partial charge in [0.15, 0.2) is 0 Å². The van der Waals surface area contributed by atoms with Crippen LogP contribution in [0, 0.1) is 22.7 Å². The molecule has 0 spiro atoms. The maximum atomic E-state index is 9.07. The van der Waals surface area contributed by atoms with E-state index in [1.807, 2.05) is 41.3 Å². The van der Waals surface area contributed by atoms with Crippen molar-refractivity contribution in [3.63, 3.8) is 0 Å². The van der Waals surface area contributed by atoms with Crippen LogP contribution in [0.3, 0.4) is 0 Å². The van der Waals surface area contributed by atoms with Crippen molar-refractivity contribution in [1.82, 2.24) is 0 Å². The Morgan fingerprint density at radius 1 is 1.00 bits per heavy atom. The second-order valence-electron chi connectivity index (χ2n) is 4.28. The molecule has 4 nitrogen and oxygen atoms in total. The number of para-hydroxylation sites is 1. The molecule has 98 valence electrons. The van der Waals surface area contributed by atoms with Crippen LogP contribution in [0.1, 0.15) is 12.0 Å². The van der Waals surface area contributed by atoms with E-state index in [0.29, 0.717) is 24.2 Å². The summed E-state index contributed by atoms with van der Waals surface area (Å²) in [5, 5.41) is 17.9. The number of rotatable bonds is 4. The first-order valence-electron chi connectivity index (χ1n) is 6.25. The Morgan fingerprint density at radius 2 is 1.75 bits per heavy atom. The average Bonchev–Trinajstić information content (AvgIpc) is 2.50. The molecule has 0 heterocycles. The third-order valence-electron chi connectivity index (χ3n) is 2.98. The highest BCUT2D eigenvalue weighted by atomic mass is 15.1. The van der Waals surface area contributed by atoms with E-state index in [0.717, 1.165) is 11.4 Å². The predicted molar refractivity (Wildman–Crippen MR) is 79.2 cm³/mol. The van der Waals surface area contributed by atoms with Gasteiger partial charge in [-0.3, -0.25) is 0 Å². The molecule has 2 aromatic carbocycles. The zero-order chi connectivity index (χ0) is 14.4. The maximum Gasteiger partial charge on any atom is 0.101 e. The SMILES string of the molecule is N#CCCN(c1ccccc1)c1ccc(N)c(C#N)c1. The molecule has 0 aliphatic heterocycles. The molecule has 0 unspecified atom stereocenters. The summed E-state index contributed by atoms with van der Waals surface area (Å²) < 4.78 is 0. The van der Waals surface area contributed by atoms with Gasteiger partial charge in [0, 0.05) is 23.6 Å². The number of benzene rings is 2. The summed E-state index contributed by atoms with van der Waals surface area (Å²) in [4.78, 5) is 2.00. The minimum atomic E-state index is 0.404. The minimum Gasteiger partial charge on any atom is -0.398 e. The average molecular weight is 262 g/mol. The van der Waals surface area contributed by atoms with Crippen LogP contribution in [0.5, 0.6) is 0 Å². The maximum absolute atomic E-state index is 9.07. The van der Waals surface area contributed by atoms with Crippen LogP contribution in [0.15, 0.2) is 48.5 Å². The second-order valence-corrected chi connectivity index (χ2v) is 4.28. The van der Waals surface area contributed by atoms with Crippen LogP contribution in [-0.4, -0.2) is 6.54 Å². The van der Waals surface area contributed by atoms with Crippen LogP contribution >= 0.6 is 0 Å². The van der Waals surface area contributed by atoms with Crippen molar-refractivity contribution in [2.24, 2.45) is 0 Å². The van der Waals surface area contributed by atoms with Crippen molar-refractivity contribution in [3.05, 3.63) is 54.1 Å². The van der Waals surface area contributed by atoms with Gasteiger partial charge >= 0.3 is 0 Å². The molecule has 4 heteroatoms. The van der Waals surface area contributed by atoms with Gasteiger partial charge in [-0.25, -0.2) is 0 Å². The smallest absolute Gasteiger partial charge is 0.101 e. The van der Waals surface area contributed by atoms with Gasteiger partial charge in [-0.1, -0.05) is 18.2 Å². The van der Waals surface area contributed by atoms with Gasteiger partial charge in [-0.05, 0) is 30.3 Å². The Balaban J connectivity index is 2.42. The van der Waals surface area contributed by atoms with Crippen molar-refractivity contribution < 1.29 is 0 Å². The van der Waals surface area contributed by atoms with Crippen molar-refractivity contribution >= 4 is 17.1 Å². The molecule has 2 N–H and O–H groups in total. The van der Waals surface area contributed by atoms with Crippen LogP contribution in [0.4, 0.5) is 17.1 Å². The van der Waals surface area contributed by atoms with Crippen molar-refractivity contribution in [1.29, 1.82) is 10.5 Å². The summed E-state index contributed by atoms with van der Waals surface area (Å²) in [5.41, 5.74) is 8.49. The fraction of sp³-hybridized carbons (Fsp3) is 0.125. The third-order valence-corrected chi connectivity index (χ3v) is 2.98. The van der Waals surface area contributed by atoms with Crippen LogP contribution < -0.4 is 10.6 Å². The van der Waals surface area contributed by atoms with Gasteiger partial charge < -0.3 is 10.6 Å².